The quantitative estimate of drug-likeness (QED) is 0.515. The maximum absolute atomic E-state index is 13.7. The summed E-state index contributed by atoms with van der Waals surface area (Å²) in [6, 6.07) is 24.4. The van der Waals surface area contributed by atoms with E-state index in [2.05, 4.69) is 32.9 Å². The number of anilines is 2. The first-order valence-corrected chi connectivity index (χ1v) is 11.4. The van der Waals surface area contributed by atoms with Crippen molar-refractivity contribution in [2.75, 3.05) is 17.1 Å². The molecule has 2 saturated heterocycles. The number of rotatable bonds is 4. The number of ether oxygens (including phenoxy) is 1. The average molecular weight is 457 g/mol. The van der Waals surface area contributed by atoms with Crippen LogP contribution in [0.3, 0.4) is 0 Å². The lowest BCUT2D eigenvalue weighted by Gasteiger charge is -2.29. The summed E-state index contributed by atoms with van der Waals surface area (Å²) in [6.07, 6.45) is -0.887. The molecule has 5 rings (SSSR count). The molecule has 0 aliphatic carbocycles. The number of hydrogen-bond acceptors (Lipinski definition) is 5. The lowest BCUT2D eigenvalue weighted by molar-refractivity contribution is -0.126. The standard InChI is InChI=1S/C28H28N2O4/c1-28(2,3)19-12-10-18(11-13-19)24-23-25(34-30(24)21-8-6-5-7-9-21)27(32)29(26(23)31)20-14-16-22(33-4)17-15-20/h5-17,23-25H,1-4H3/t23-,24-,25+/m0/s1. The Kier molecular flexibility index (Phi) is 5.41. The fourth-order valence-corrected chi connectivity index (χ4v) is 4.72. The number of imide groups is 1. The van der Waals surface area contributed by atoms with Gasteiger partial charge >= 0.3 is 0 Å². The molecule has 174 valence electrons. The fourth-order valence-electron chi connectivity index (χ4n) is 4.72. The fraction of sp³-hybridized carbons (Fsp3) is 0.286. The normalized spacial score (nSPS) is 22.3. The second-order valence-electron chi connectivity index (χ2n) is 9.74. The first kappa shape index (κ1) is 22.2. The van der Waals surface area contributed by atoms with Gasteiger partial charge in [-0.15, -0.1) is 0 Å². The van der Waals surface area contributed by atoms with Gasteiger partial charge < -0.3 is 4.74 Å². The lowest BCUT2D eigenvalue weighted by Crippen LogP contribution is -2.37. The van der Waals surface area contributed by atoms with E-state index in [1.807, 2.05) is 42.5 Å². The van der Waals surface area contributed by atoms with Crippen LogP contribution >= 0.6 is 0 Å². The third kappa shape index (κ3) is 3.64. The molecular formula is C28H28N2O4. The maximum Gasteiger partial charge on any atom is 0.266 e. The number of amides is 2. The molecule has 6 heteroatoms. The topological polar surface area (TPSA) is 59.1 Å². The van der Waals surface area contributed by atoms with Crippen LogP contribution in [0.2, 0.25) is 0 Å². The van der Waals surface area contributed by atoms with E-state index in [0.29, 0.717) is 11.4 Å². The summed E-state index contributed by atoms with van der Waals surface area (Å²) >= 11 is 0. The van der Waals surface area contributed by atoms with Gasteiger partial charge in [0.1, 0.15) is 11.7 Å². The van der Waals surface area contributed by atoms with Crippen LogP contribution in [0.4, 0.5) is 11.4 Å². The van der Waals surface area contributed by atoms with Crippen molar-refractivity contribution < 1.29 is 19.2 Å². The van der Waals surface area contributed by atoms with Crippen molar-refractivity contribution in [3.05, 3.63) is 90.0 Å². The monoisotopic (exact) mass is 456 g/mol. The summed E-state index contributed by atoms with van der Waals surface area (Å²) < 4.78 is 5.21. The first-order valence-electron chi connectivity index (χ1n) is 11.4. The molecule has 0 bridgehead atoms. The molecule has 2 aliphatic heterocycles. The van der Waals surface area contributed by atoms with Gasteiger partial charge in [-0.2, -0.15) is 0 Å². The number of methoxy groups -OCH3 is 1. The van der Waals surface area contributed by atoms with Gasteiger partial charge in [-0.3, -0.25) is 14.4 Å². The minimum absolute atomic E-state index is 0.0106. The molecule has 2 aliphatic rings. The Morgan fingerprint density at radius 1 is 0.794 bits per heavy atom. The van der Waals surface area contributed by atoms with Gasteiger partial charge in [-0.05, 0) is 52.9 Å². The van der Waals surface area contributed by atoms with Crippen LogP contribution in [0.15, 0.2) is 78.9 Å². The molecule has 3 aromatic carbocycles. The molecule has 0 N–H and O–H groups in total. The van der Waals surface area contributed by atoms with Gasteiger partial charge in [0.15, 0.2) is 6.10 Å². The minimum atomic E-state index is -0.887. The number of nitrogens with zero attached hydrogens (tertiary/aromatic N) is 2. The average Bonchev–Trinajstić information content (AvgIpc) is 3.35. The summed E-state index contributed by atoms with van der Waals surface area (Å²) in [5, 5.41) is 1.72. The zero-order valence-corrected chi connectivity index (χ0v) is 19.8. The van der Waals surface area contributed by atoms with E-state index in [1.165, 1.54) is 10.5 Å². The summed E-state index contributed by atoms with van der Waals surface area (Å²) in [5.41, 5.74) is 3.46. The number of carbonyl (C=O) groups is 2. The van der Waals surface area contributed by atoms with E-state index < -0.39 is 18.1 Å². The third-order valence-electron chi connectivity index (χ3n) is 6.57. The number of hydrogen-bond donors (Lipinski definition) is 0. The molecule has 0 saturated carbocycles. The number of benzene rings is 3. The molecule has 0 radical (unpaired) electrons. The molecule has 0 unspecified atom stereocenters. The van der Waals surface area contributed by atoms with Crippen molar-refractivity contribution in [2.24, 2.45) is 5.92 Å². The van der Waals surface area contributed by atoms with Crippen LogP contribution < -0.4 is 14.7 Å². The van der Waals surface area contributed by atoms with Gasteiger partial charge in [0, 0.05) is 0 Å². The molecule has 2 amide bonds. The van der Waals surface area contributed by atoms with Crippen molar-refractivity contribution >= 4 is 23.2 Å². The molecule has 34 heavy (non-hydrogen) atoms. The maximum atomic E-state index is 13.7. The Morgan fingerprint density at radius 2 is 1.44 bits per heavy atom. The van der Waals surface area contributed by atoms with Gasteiger partial charge in [0.25, 0.3) is 5.91 Å². The first-order chi connectivity index (χ1) is 16.3. The van der Waals surface area contributed by atoms with Crippen LogP contribution in [-0.4, -0.2) is 25.0 Å². The molecule has 6 nitrogen and oxygen atoms in total. The predicted molar refractivity (Wildman–Crippen MR) is 131 cm³/mol. The van der Waals surface area contributed by atoms with E-state index in [-0.39, 0.29) is 17.2 Å². The Bertz CT molecular complexity index is 1200. The number of para-hydroxylation sites is 1. The van der Waals surface area contributed by atoms with Crippen molar-refractivity contribution in [3.63, 3.8) is 0 Å². The highest BCUT2D eigenvalue weighted by Crippen LogP contribution is 2.47. The molecular weight excluding hydrogens is 428 g/mol. The second kappa shape index (κ2) is 8.29. The zero-order valence-electron chi connectivity index (χ0n) is 19.8. The van der Waals surface area contributed by atoms with Crippen molar-refractivity contribution in [1.82, 2.24) is 0 Å². The van der Waals surface area contributed by atoms with Crippen LogP contribution in [0.1, 0.15) is 37.9 Å². The van der Waals surface area contributed by atoms with Crippen molar-refractivity contribution in [2.45, 2.75) is 38.3 Å². The Hall–Kier alpha value is -3.64. The van der Waals surface area contributed by atoms with Crippen molar-refractivity contribution in [1.29, 1.82) is 0 Å². The molecule has 3 atom stereocenters. The van der Waals surface area contributed by atoms with Crippen molar-refractivity contribution in [3.8, 4) is 5.75 Å². The molecule has 3 aromatic rings. The number of carbonyl (C=O) groups excluding carboxylic acids is 2. The third-order valence-corrected chi connectivity index (χ3v) is 6.57. The highest BCUT2D eigenvalue weighted by atomic mass is 16.7. The van der Waals surface area contributed by atoms with E-state index in [9.17, 15) is 9.59 Å². The molecule has 0 spiro atoms. The Labute approximate surface area is 199 Å². The van der Waals surface area contributed by atoms with E-state index in [0.717, 1.165) is 11.3 Å². The largest absolute Gasteiger partial charge is 0.497 e. The summed E-state index contributed by atoms with van der Waals surface area (Å²) in [5.74, 6) is -0.611. The minimum Gasteiger partial charge on any atom is -0.497 e. The van der Waals surface area contributed by atoms with Crippen LogP contribution in [0.5, 0.6) is 5.75 Å². The molecule has 2 heterocycles. The predicted octanol–water partition coefficient (Wildman–Crippen LogP) is 5.04. The Morgan fingerprint density at radius 3 is 2.03 bits per heavy atom. The zero-order chi connectivity index (χ0) is 24.0. The van der Waals surface area contributed by atoms with Crippen LogP contribution in [0, 0.1) is 5.92 Å². The van der Waals surface area contributed by atoms with Crippen LogP contribution in [0.25, 0.3) is 0 Å². The lowest BCUT2D eigenvalue weighted by atomic mass is 9.84. The van der Waals surface area contributed by atoms with Crippen LogP contribution in [-0.2, 0) is 19.8 Å². The van der Waals surface area contributed by atoms with Gasteiger partial charge in [-0.25, -0.2) is 9.96 Å². The highest BCUT2D eigenvalue weighted by Gasteiger charge is 2.60. The molecule has 2 fully saturated rings. The van der Waals surface area contributed by atoms with E-state index >= 15 is 0 Å². The molecule has 0 aromatic heterocycles. The number of fused-ring (bicyclic) bond motifs is 1. The second-order valence-corrected chi connectivity index (χ2v) is 9.74. The van der Waals surface area contributed by atoms with Gasteiger partial charge in [0.05, 0.1) is 24.5 Å². The smallest absolute Gasteiger partial charge is 0.266 e. The van der Waals surface area contributed by atoms with Gasteiger partial charge in [0.2, 0.25) is 5.91 Å². The summed E-state index contributed by atoms with van der Waals surface area (Å²) in [6.45, 7) is 6.50. The van der Waals surface area contributed by atoms with E-state index in [4.69, 9.17) is 9.57 Å². The van der Waals surface area contributed by atoms with E-state index in [1.54, 1.807) is 36.4 Å². The van der Waals surface area contributed by atoms with Gasteiger partial charge in [-0.1, -0.05) is 63.2 Å². The summed E-state index contributed by atoms with van der Waals surface area (Å²) in [4.78, 5) is 34.6. The highest BCUT2D eigenvalue weighted by molar-refractivity contribution is 6.23. The summed E-state index contributed by atoms with van der Waals surface area (Å²) in [7, 11) is 1.58. The number of hydroxylamine groups is 1. The Balaban J connectivity index is 1.55. The SMILES string of the molecule is COc1ccc(N2C(=O)[C@@H]3[C@@H](ON(c4ccccc4)[C@H]3c3ccc(C(C)(C)C)cc3)C2=O)cc1.